The summed E-state index contributed by atoms with van der Waals surface area (Å²) in [5, 5.41) is 18.2. The lowest BCUT2D eigenvalue weighted by Gasteiger charge is -2.36. The monoisotopic (exact) mass is 1870 g/mol. The van der Waals surface area contributed by atoms with E-state index in [-0.39, 0.29) is 111 Å². The molecule has 0 radical (unpaired) electrons. The summed E-state index contributed by atoms with van der Waals surface area (Å²) in [6, 6.07) is 78.8. The third kappa shape index (κ3) is 29.9. The van der Waals surface area contributed by atoms with Crippen molar-refractivity contribution >= 4 is 71.2 Å². The first-order valence-corrected chi connectivity index (χ1v) is 46.5. The number of alkyl carbamates (subject to hydrolysis) is 2. The number of rotatable bonds is 38. The van der Waals surface area contributed by atoms with E-state index in [9.17, 15) is 57.8 Å². The summed E-state index contributed by atoms with van der Waals surface area (Å²) in [7, 11) is 5.87. The second kappa shape index (κ2) is 53.9. The molecule has 138 heavy (non-hydrogen) atoms. The van der Waals surface area contributed by atoms with Gasteiger partial charge in [0.15, 0.2) is 11.6 Å². The summed E-state index contributed by atoms with van der Waals surface area (Å²) in [6.07, 6.45) is 4.08. The first-order chi connectivity index (χ1) is 65.4. The minimum atomic E-state index is -1.52. The van der Waals surface area contributed by atoms with Gasteiger partial charge in [-0.1, -0.05) is 322 Å². The zero-order chi connectivity index (χ0) is 95.7. The van der Waals surface area contributed by atoms with Gasteiger partial charge in [0.2, 0.25) is 29.5 Å². The van der Waals surface area contributed by atoms with Crippen LogP contribution in [0.3, 0.4) is 0 Å². The minimum absolute atomic E-state index is 0. The lowest BCUT2D eigenvalue weighted by Crippen LogP contribution is -2.58. The number of benzene rings is 10. The van der Waals surface area contributed by atoms with Crippen LogP contribution >= 0.6 is 0 Å². The highest BCUT2D eigenvalue weighted by Crippen LogP contribution is 2.46. The molecule has 0 bridgehead atoms. The highest BCUT2D eigenvalue weighted by molar-refractivity contribution is 5.99. The molecule has 0 unspecified atom stereocenters. The van der Waals surface area contributed by atoms with Crippen LogP contribution in [0.4, 0.5) is 9.59 Å². The van der Waals surface area contributed by atoms with Crippen molar-refractivity contribution in [3.05, 3.63) is 335 Å². The Morgan fingerprint density at radius 1 is 0.341 bits per heavy atom. The van der Waals surface area contributed by atoms with Crippen molar-refractivity contribution in [2.24, 2.45) is 11.8 Å². The Hall–Kier alpha value is -14.2. The molecule has 2 saturated heterocycles. The van der Waals surface area contributed by atoms with Crippen LogP contribution in [-0.2, 0) is 106 Å². The number of carbonyl (C=O) groups excluding carboxylic acids is 11. The van der Waals surface area contributed by atoms with Crippen molar-refractivity contribution in [1.82, 2.24) is 40.4 Å². The molecule has 728 valence electrons. The number of ketones is 2. The lowest BCUT2D eigenvalue weighted by atomic mass is 9.92. The van der Waals surface area contributed by atoms with Crippen LogP contribution < -0.4 is 16.0 Å². The number of aliphatic carboxylic acids is 1. The zero-order valence-electron chi connectivity index (χ0n) is 77.6. The van der Waals surface area contributed by atoms with Gasteiger partial charge < -0.3 is 64.5 Å². The standard InChI is InChI=1S/C55H60N4O8.C50H51N3O9.C5H11N.3CH4/c1-38(52(62)59-30-18-7-19-31-59)32-50(60)48(33-39-20-8-4-9-21-39)57(2)54(64)49(34-40-22-10-5-11-23-40)58(3)53(63)47(35-51(61)66-36-41-24-12-6-13-25-41)56-55(65)67-37-46-44-28-16-14-26-42(44)43-27-15-17-29-45(43)46;1-33(49(58)59)27-45(54)43(28-34-17-7-4-8-18-34)52(2)48(57)44(29-35-19-9-5-10-20-35)53(3)47(56)42(30-46(55)61-31-36-21-11-6-12-22-36)51-50(60)62-32-41-39-25-15-13-23-37(39)38-24-14-16-26-40(38)41;1-2-4-6-5-3-1;;;/h4-6,8-17,20-29,38,46-49H,7,18-19,30-37H2,1-3H3,(H,56,65);4-26,33,41-44H,27-32H2,1-3H3,(H,51,60)(H,58,59);6H,1-5H2;3*1H4/t38-,47+,48+,49+;33-,42+,43+,44+;;;;/m11..../s1. The number of fused-ring (bicyclic) bond motifs is 6. The van der Waals surface area contributed by atoms with E-state index in [4.69, 9.17) is 18.9 Å². The normalized spacial score (nSPS) is 14.4. The molecule has 2 heterocycles. The lowest BCUT2D eigenvalue weighted by molar-refractivity contribution is -0.151. The van der Waals surface area contributed by atoms with Crippen LogP contribution in [0.1, 0.15) is 168 Å². The van der Waals surface area contributed by atoms with E-state index >= 15 is 4.79 Å². The topological polar surface area (TPSA) is 314 Å². The molecule has 0 spiro atoms. The summed E-state index contributed by atoms with van der Waals surface area (Å²) in [5.74, 6) is -8.25. The molecule has 25 heteroatoms. The smallest absolute Gasteiger partial charge is 0.407 e. The average Bonchev–Trinajstić information content (AvgIpc) is 1.62. The Bertz CT molecular complexity index is 5550. The fourth-order valence-electron chi connectivity index (χ4n) is 17.8. The van der Waals surface area contributed by atoms with Crippen LogP contribution in [-0.4, -0.2) is 205 Å². The van der Waals surface area contributed by atoms with Crippen LogP contribution in [0.15, 0.2) is 279 Å². The zero-order valence-corrected chi connectivity index (χ0v) is 77.6. The molecular weight excluding hydrogens is 1740 g/mol. The summed E-state index contributed by atoms with van der Waals surface area (Å²) in [6.45, 7) is 6.80. The number of ether oxygens (including phenoxy) is 4. The maximum Gasteiger partial charge on any atom is 0.407 e. The van der Waals surface area contributed by atoms with Gasteiger partial charge in [0, 0.05) is 84.7 Å². The molecule has 2 aliphatic carbocycles. The third-order valence-corrected chi connectivity index (χ3v) is 25.5. The van der Waals surface area contributed by atoms with Crippen LogP contribution in [0.25, 0.3) is 22.3 Å². The van der Waals surface area contributed by atoms with Gasteiger partial charge in [0.1, 0.15) is 50.6 Å². The number of hydrogen-bond donors (Lipinski definition) is 4. The van der Waals surface area contributed by atoms with E-state index in [2.05, 4.69) is 16.0 Å². The van der Waals surface area contributed by atoms with Crippen molar-refractivity contribution in [3.63, 3.8) is 0 Å². The number of carboxylic acid groups (broad SMARTS) is 1. The number of carbonyl (C=O) groups is 12. The molecule has 10 aromatic carbocycles. The predicted octanol–water partition coefficient (Wildman–Crippen LogP) is 17.3. The fraction of sp³-hybridized carbons (Fsp3) is 0.363. The predicted molar refractivity (Wildman–Crippen MR) is 535 cm³/mol. The van der Waals surface area contributed by atoms with Gasteiger partial charge in [0.25, 0.3) is 0 Å². The quantitative estimate of drug-likeness (QED) is 0.0206. The van der Waals surface area contributed by atoms with Crippen LogP contribution in [0, 0.1) is 11.8 Å². The van der Waals surface area contributed by atoms with E-state index in [1.807, 2.05) is 211 Å². The number of hydrogen-bond acceptors (Lipinski definition) is 17. The first kappa shape index (κ1) is 107. The van der Waals surface area contributed by atoms with E-state index in [0.29, 0.717) is 18.7 Å². The van der Waals surface area contributed by atoms with Crippen molar-refractivity contribution < 1.29 is 81.6 Å². The van der Waals surface area contributed by atoms with Gasteiger partial charge >= 0.3 is 30.1 Å². The Morgan fingerprint density at radius 2 is 0.616 bits per heavy atom. The van der Waals surface area contributed by atoms with Gasteiger partial charge in [-0.2, -0.15) is 0 Å². The number of piperidine rings is 2. The molecule has 7 amide bonds. The summed E-state index contributed by atoms with van der Waals surface area (Å²) in [5.41, 5.74) is 12.6. The molecular formula is C113H134N8O17. The van der Waals surface area contributed by atoms with Gasteiger partial charge in [-0.15, -0.1) is 0 Å². The molecule has 8 atom stereocenters. The molecule has 10 aromatic rings. The van der Waals surface area contributed by atoms with Gasteiger partial charge in [-0.25, -0.2) is 9.59 Å². The number of amides is 7. The molecule has 4 N–H and O–H groups in total. The summed E-state index contributed by atoms with van der Waals surface area (Å²) >= 11 is 0. The van der Waals surface area contributed by atoms with Gasteiger partial charge in [-0.3, -0.25) is 47.9 Å². The number of likely N-dealkylation sites (tertiary alicyclic amines) is 1. The summed E-state index contributed by atoms with van der Waals surface area (Å²) < 4.78 is 22.8. The van der Waals surface area contributed by atoms with Crippen molar-refractivity contribution in [2.45, 2.75) is 187 Å². The number of likely N-dealkylation sites (N-methyl/N-ethyl adjacent to an activating group) is 4. The Kier molecular flexibility index (Phi) is 42.0. The Balaban J connectivity index is 0.000000285. The number of nitrogens with one attached hydrogen (secondary N) is 3. The number of Topliss-reactive ketones (excluding diaryl/α,β-unsaturated/α-hetero) is 2. The van der Waals surface area contributed by atoms with E-state index < -0.39 is 120 Å². The summed E-state index contributed by atoms with van der Waals surface area (Å²) in [4.78, 5) is 174. The van der Waals surface area contributed by atoms with Crippen LogP contribution in [0.5, 0.6) is 0 Å². The molecule has 4 aliphatic rings. The van der Waals surface area contributed by atoms with Gasteiger partial charge in [0.05, 0.1) is 30.8 Å². The molecule has 14 rings (SSSR count). The van der Waals surface area contributed by atoms with Crippen molar-refractivity contribution in [3.8, 4) is 22.3 Å². The Labute approximate surface area is 812 Å². The minimum Gasteiger partial charge on any atom is -0.481 e. The maximum atomic E-state index is 15.1. The molecule has 25 nitrogen and oxygen atoms in total. The van der Waals surface area contributed by atoms with Crippen LogP contribution in [0.2, 0.25) is 0 Å². The number of esters is 2. The van der Waals surface area contributed by atoms with E-state index in [1.165, 1.54) is 80.0 Å². The number of carboxylic acids is 1. The molecule has 2 aliphatic heterocycles. The van der Waals surface area contributed by atoms with Gasteiger partial charge in [-0.05, 0) is 136 Å². The number of nitrogens with zero attached hydrogens (tertiary/aromatic N) is 5. The van der Waals surface area contributed by atoms with Crippen molar-refractivity contribution in [2.75, 3.05) is 67.6 Å². The van der Waals surface area contributed by atoms with Crippen molar-refractivity contribution in [1.29, 1.82) is 0 Å². The second-order valence-electron chi connectivity index (χ2n) is 35.0. The highest BCUT2D eigenvalue weighted by atomic mass is 16.6. The average molecular weight is 1880 g/mol. The second-order valence-corrected chi connectivity index (χ2v) is 35.0. The Morgan fingerprint density at radius 3 is 0.913 bits per heavy atom. The largest absolute Gasteiger partial charge is 0.481 e. The van der Waals surface area contributed by atoms with E-state index in [1.54, 1.807) is 86.8 Å². The first-order valence-electron chi connectivity index (χ1n) is 46.5. The third-order valence-electron chi connectivity index (χ3n) is 25.5. The maximum absolute atomic E-state index is 15.1. The molecule has 0 aromatic heterocycles. The fourth-order valence-corrected chi connectivity index (χ4v) is 17.8. The highest BCUT2D eigenvalue weighted by Gasteiger charge is 2.43. The molecule has 2 fully saturated rings. The van der Waals surface area contributed by atoms with E-state index in [0.717, 1.165) is 91.6 Å². The molecule has 0 saturated carbocycles. The SMILES string of the molecule is C.C.C.C1CCNCC1.C[C@H](CC(=O)[C@H](Cc1ccccc1)N(C)C(=O)[C@H](Cc1ccccc1)N(C)C(=O)[C@H](CC(=O)OCc1ccccc1)NC(=O)OCC1c2ccccc2-c2ccccc21)C(=O)N1CCCCC1.C[C@H](CC(=O)[C@H](Cc1ccccc1)N(C)C(=O)[C@H](Cc1ccccc1)N(C)C(=O)[C@H](CC(=O)OCc1ccccc1)NC(=O)OCC1c2ccccc2-c2ccccc21)C(=O)O.